The standard InChI is InChI=1S/C15H18ClNO2.K/c1-11(2)10-14(15(18)19)17-9-3-4-12-5-7-13(16)8-6-12;/h3-9,11,14H,10H2,1-2H3,(H,18,19);/q;+1/p-1/b4-3+,17-9?;/t14-;/m0./s1. The number of benzene rings is 1. The summed E-state index contributed by atoms with van der Waals surface area (Å²) in [6.07, 6.45) is 5.52. The van der Waals surface area contributed by atoms with E-state index in [1.54, 1.807) is 18.2 Å². The van der Waals surface area contributed by atoms with Crippen molar-refractivity contribution in [1.29, 1.82) is 0 Å². The maximum absolute atomic E-state index is 10.9. The number of carbonyl (C=O) groups excluding carboxylic acids is 1. The Morgan fingerprint density at radius 3 is 2.45 bits per heavy atom. The molecule has 0 fully saturated rings. The van der Waals surface area contributed by atoms with Crippen LogP contribution in [-0.4, -0.2) is 18.2 Å². The van der Waals surface area contributed by atoms with E-state index in [0.717, 1.165) is 5.56 Å². The van der Waals surface area contributed by atoms with Crippen LogP contribution < -0.4 is 56.5 Å². The summed E-state index contributed by atoms with van der Waals surface area (Å²) in [6, 6.07) is 6.55. The molecule has 1 rings (SSSR count). The molecular weight excluding hydrogens is 301 g/mol. The van der Waals surface area contributed by atoms with Gasteiger partial charge in [0.25, 0.3) is 0 Å². The van der Waals surface area contributed by atoms with Gasteiger partial charge in [-0.25, -0.2) is 0 Å². The second kappa shape index (κ2) is 10.7. The minimum Gasteiger partial charge on any atom is -0.548 e. The Bertz CT molecular complexity index is 469. The molecule has 20 heavy (non-hydrogen) atoms. The molecule has 1 atom stereocenters. The number of carbonyl (C=O) groups is 1. The van der Waals surface area contributed by atoms with Gasteiger partial charge in [-0.2, -0.15) is 0 Å². The van der Waals surface area contributed by atoms with Crippen molar-refractivity contribution in [3.8, 4) is 0 Å². The van der Waals surface area contributed by atoms with Crippen molar-refractivity contribution in [1.82, 2.24) is 0 Å². The van der Waals surface area contributed by atoms with Crippen LogP contribution in [0.25, 0.3) is 6.08 Å². The molecular formula is C15H17ClKNO2. The molecule has 102 valence electrons. The Hall–Kier alpha value is 0.0264. The van der Waals surface area contributed by atoms with Gasteiger partial charge in [-0.15, -0.1) is 0 Å². The van der Waals surface area contributed by atoms with E-state index < -0.39 is 12.0 Å². The van der Waals surface area contributed by atoms with Crippen LogP contribution in [0.4, 0.5) is 0 Å². The van der Waals surface area contributed by atoms with Gasteiger partial charge in [0, 0.05) is 11.2 Å². The molecule has 0 aliphatic carbocycles. The smallest absolute Gasteiger partial charge is 0.548 e. The van der Waals surface area contributed by atoms with Gasteiger partial charge >= 0.3 is 51.4 Å². The zero-order valence-electron chi connectivity index (χ0n) is 12.0. The third kappa shape index (κ3) is 8.34. The molecule has 0 aromatic heterocycles. The van der Waals surface area contributed by atoms with E-state index in [1.165, 1.54) is 6.21 Å². The zero-order valence-corrected chi connectivity index (χ0v) is 15.9. The fourth-order valence-electron chi connectivity index (χ4n) is 1.55. The van der Waals surface area contributed by atoms with Crippen molar-refractivity contribution < 1.29 is 61.3 Å². The Morgan fingerprint density at radius 2 is 1.95 bits per heavy atom. The SMILES string of the molecule is CC(C)C[C@H](N=C/C=C/c1ccc(Cl)cc1)C(=O)[O-].[K+]. The zero-order chi connectivity index (χ0) is 14.3. The van der Waals surface area contributed by atoms with E-state index >= 15 is 0 Å². The van der Waals surface area contributed by atoms with E-state index in [1.807, 2.05) is 32.1 Å². The largest absolute Gasteiger partial charge is 1.00 e. The summed E-state index contributed by atoms with van der Waals surface area (Å²) in [5, 5.41) is 11.6. The third-order valence-electron chi connectivity index (χ3n) is 2.48. The van der Waals surface area contributed by atoms with Crippen LogP contribution >= 0.6 is 11.6 Å². The monoisotopic (exact) mass is 317 g/mol. The maximum atomic E-state index is 10.9. The topological polar surface area (TPSA) is 52.5 Å². The molecule has 0 bridgehead atoms. The van der Waals surface area contributed by atoms with Crippen LogP contribution in [0.1, 0.15) is 25.8 Å². The molecule has 0 saturated carbocycles. The molecule has 0 N–H and O–H groups in total. The molecule has 3 nitrogen and oxygen atoms in total. The molecule has 0 unspecified atom stereocenters. The average Bonchev–Trinajstić information content (AvgIpc) is 2.34. The minimum atomic E-state index is -1.13. The number of aliphatic imine (C=N–C) groups is 1. The number of rotatable bonds is 6. The van der Waals surface area contributed by atoms with Crippen LogP contribution in [0.3, 0.4) is 0 Å². The van der Waals surface area contributed by atoms with Gasteiger partial charge < -0.3 is 9.90 Å². The Balaban J connectivity index is 0.00000361. The summed E-state index contributed by atoms with van der Waals surface area (Å²) in [5.41, 5.74) is 0.977. The maximum Gasteiger partial charge on any atom is 1.00 e. The summed E-state index contributed by atoms with van der Waals surface area (Å²) >= 11 is 5.78. The van der Waals surface area contributed by atoms with Gasteiger partial charge in [0.05, 0.1) is 12.0 Å². The number of carboxylic acids is 1. The fraction of sp³-hybridized carbons (Fsp3) is 0.333. The van der Waals surface area contributed by atoms with Gasteiger partial charge in [-0.3, -0.25) is 4.99 Å². The van der Waals surface area contributed by atoms with Gasteiger partial charge in [-0.1, -0.05) is 43.7 Å². The van der Waals surface area contributed by atoms with Gasteiger partial charge in [0.15, 0.2) is 0 Å². The summed E-state index contributed by atoms with van der Waals surface area (Å²) < 4.78 is 0. The first kappa shape index (κ1) is 20.0. The second-order valence-electron chi connectivity index (χ2n) is 4.67. The molecule has 1 aromatic rings. The first-order valence-electron chi connectivity index (χ1n) is 6.15. The van der Waals surface area contributed by atoms with E-state index in [2.05, 4.69) is 4.99 Å². The number of hydrogen-bond donors (Lipinski definition) is 0. The van der Waals surface area contributed by atoms with Crippen LogP contribution in [-0.2, 0) is 4.79 Å². The molecule has 1 aromatic carbocycles. The number of aliphatic carboxylic acids is 1. The summed E-state index contributed by atoms with van der Waals surface area (Å²) in [7, 11) is 0. The van der Waals surface area contributed by atoms with Crippen LogP contribution in [0.2, 0.25) is 5.02 Å². The number of carboxylic acid groups (broad SMARTS) is 1. The average molecular weight is 318 g/mol. The number of hydrogen-bond acceptors (Lipinski definition) is 3. The number of halogens is 1. The molecule has 0 saturated heterocycles. The normalized spacial score (nSPS) is 12.8. The van der Waals surface area contributed by atoms with Crippen LogP contribution in [0, 0.1) is 5.92 Å². The minimum absolute atomic E-state index is 0. The summed E-state index contributed by atoms with van der Waals surface area (Å²) in [6.45, 7) is 3.91. The van der Waals surface area contributed by atoms with Crippen molar-refractivity contribution in [3.05, 3.63) is 40.9 Å². The summed E-state index contributed by atoms with van der Waals surface area (Å²) in [4.78, 5) is 14.9. The van der Waals surface area contributed by atoms with Crippen LogP contribution in [0.5, 0.6) is 0 Å². The third-order valence-corrected chi connectivity index (χ3v) is 2.73. The summed E-state index contributed by atoms with van der Waals surface area (Å²) in [5.74, 6) is -0.870. The molecule has 0 aliphatic rings. The van der Waals surface area contributed by atoms with E-state index in [4.69, 9.17) is 11.6 Å². The van der Waals surface area contributed by atoms with Crippen LogP contribution in [0.15, 0.2) is 35.3 Å². The molecule has 0 amide bonds. The van der Waals surface area contributed by atoms with Crippen molar-refractivity contribution in [2.75, 3.05) is 0 Å². The number of nitrogens with zero attached hydrogens (tertiary/aromatic N) is 1. The van der Waals surface area contributed by atoms with Crippen molar-refractivity contribution in [3.63, 3.8) is 0 Å². The molecule has 0 aliphatic heterocycles. The second-order valence-corrected chi connectivity index (χ2v) is 5.11. The van der Waals surface area contributed by atoms with Gasteiger partial charge in [0.2, 0.25) is 0 Å². The first-order valence-corrected chi connectivity index (χ1v) is 6.53. The Kier molecular flexibility index (Phi) is 10.7. The predicted octanol–water partition coefficient (Wildman–Crippen LogP) is -0.407. The molecule has 0 radical (unpaired) electrons. The first-order chi connectivity index (χ1) is 8.99. The van der Waals surface area contributed by atoms with E-state index in [0.29, 0.717) is 11.4 Å². The van der Waals surface area contributed by atoms with Crippen molar-refractivity contribution in [2.45, 2.75) is 26.3 Å². The quantitative estimate of drug-likeness (QED) is 0.529. The van der Waals surface area contributed by atoms with Gasteiger partial charge in [-0.05, 0) is 36.1 Å². The molecule has 0 spiro atoms. The Morgan fingerprint density at radius 1 is 1.35 bits per heavy atom. The Labute approximate surface area is 167 Å². The molecule has 5 heteroatoms. The van der Waals surface area contributed by atoms with E-state index in [9.17, 15) is 9.90 Å². The fourth-order valence-corrected chi connectivity index (χ4v) is 1.67. The number of allylic oxidation sites excluding steroid dienone is 1. The van der Waals surface area contributed by atoms with Gasteiger partial charge in [0.1, 0.15) is 0 Å². The van der Waals surface area contributed by atoms with E-state index in [-0.39, 0.29) is 57.3 Å². The predicted molar refractivity (Wildman–Crippen MR) is 77.2 cm³/mol. The van der Waals surface area contributed by atoms with Crippen molar-refractivity contribution >= 4 is 29.9 Å². The van der Waals surface area contributed by atoms with Crippen molar-refractivity contribution in [2.24, 2.45) is 10.9 Å². The molecule has 0 heterocycles.